The third-order valence-corrected chi connectivity index (χ3v) is 5.78. The van der Waals surface area contributed by atoms with Crippen LogP contribution in [0.25, 0.3) is 26.8 Å². The fourth-order valence-electron chi connectivity index (χ4n) is 3.14. The molecule has 0 aliphatic carbocycles. The van der Waals surface area contributed by atoms with E-state index in [9.17, 15) is 4.79 Å². The Hall–Kier alpha value is -3.19. The second-order valence-electron chi connectivity index (χ2n) is 6.89. The normalized spacial score (nSPS) is 11.0. The van der Waals surface area contributed by atoms with E-state index in [4.69, 9.17) is 14.6 Å². The number of unbranched alkanes of at least 4 members (excludes halogenated alkanes) is 2. The van der Waals surface area contributed by atoms with E-state index < -0.39 is 0 Å². The van der Waals surface area contributed by atoms with Crippen molar-refractivity contribution in [1.82, 2.24) is 14.6 Å². The van der Waals surface area contributed by atoms with Gasteiger partial charge in [-0.05, 0) is 42.8 Å². The van der Waals surface area contributed by atoms with Crippen LogP contribution in [0, 0.1) is 0 Å². The zero-order chi connectivity index (χ0) is 20.9. The minimum absolute atomic E-state index is 0.351. The standard InChI is InChI=1S/C23H23N3O3S/c1-3-4-5-14-29-19-12-10-16(11-13-19)20-15-24-23-26(20)25-21(30-23)17-6-8-18(9-7-17)22(27)28-2/h6-13,15H,3-5,14H2,1-2H3. The molecule has 0 bridgehead atoms. The molecule has 2 aromatic heterocycles. The predicted octanol–water partition coefficient (Wildman–Crippen LogP) is 5.48. The van der Waals surface area contributed by atoms with Crippen molar-refractivity contribution in [3.63, 3.8) is 0 Å². The van der Waals surface area contributed by atoms with Crippen LogP contribution in [0.1, 0.15) is 36.5 Å². The Morgan fingerprint density at radius 1 is 1.03 bits per heavy atom. The molecule has 4 rings (SSSR count). The lowest BCUT2D eigenvalue weighted by atomic mass is 10.1. The van der Waals surface area contributed by atoms with Crippen LogP contribution in [0.4, 0.5) is 0 Å². The van der Waals surface area contributed by atoms with Gasteiger partial charge in [-0.25, -0.2) is 14.3 Å². The second kappa shape index (κ2) is 9.09. The molecule has 2 heterocycles. The Balaban J connectivity index is 1.54. The average molecular weight is 422 g/mol. The zero-order valence-corrected chi connectivity index (χ0v) is 17.8. The number of benzene rings is 2. The Morgan fingerprint density at radius 3 is 2.47 bits per heavy atom. The number of hydrogen-bond donors (Lipinski definition) is 0. The van der Waals surface area contributed by atoms with Crippen LogP contribution in [0.2, 0.25) is 0 Å². The highest BCUT2D eigenvalue weighted by Gasteiger charge is 2.14. The second-order valence-corrected chi connectivity index (χ2v) is 7.85. The molecule has 0 spiro atoms. The molecule has 0 amide bonds. The first-order valence-corrected chi connectivity index (χ1v) is 10.8. The van der Waals surface area contributed by atoms with Gasteiger partial charge in [0, 0.05) is 11.1 Å². The molecule has 0 atom stereocenters. The molecule has 4 aromatic rings. The fraction of sp³-hybridized carbons (Fsp3) is 0.261. The van der Waals surface area contributed by atoms with Gasteiger partial charge < -0.3 is 9.47 Å². The highest BCUT2D eigenvalue weighted by atomic mass is 32.1. The molecule has 0 aliphatic heterocycles. The van der Waals surface area contributed by atoms with Crippen molar-refractivity contribution in [3.8, 4) is 27.6 Å². The summed E-state index contributed by atoms with van der Waals surface area (Å²) in [5.41, 5.74) is 3.40. The molecule has 6 nitrogen and oxygen atoms in total. The van der Waals surface area contributed by atoms with Crippen molar-refractivity contribution < 1.29 is 14.3 Å². The predicted molar refractivity (Wildman–Crippen MR) is 118 cm³/mol. The third kappa shape index (κ3) is 4.21. The summed E-state index contributed by atoms with van der Waals surface area (Å²) >= 11 is 1.50. The van der Waals surface area contributed by atoms with Crippen molar-refractivity contribution in [2.45, 2.75) is 26.2 Å². The summed E-state index contributed by atoms with van der Waals surface area (Å²) in [5, 5.41) is 5.57. The molecular weight excluding hydrogens is 398 g/mol. The number of methoxy groups -OCH3 is 1. The molecular formula is C23H23N3O3S. The molecule has 7 heteroatoms. The van der Waals surface area contributed by atoms with Gasteiger partial charge in [0.1, 0.15) is 10.8 Å². The van der Waals surface area contributed by atoms with Crippen LogP contribution in [-0.2, 0) is 4.74 Å². The number of carbonyl (C=O) groups excluding carboxylic acids is 1. The number of carbonyl (C=O) groups is 1. The van der Waals surface area contributed by atoms with Gasteiger partial charge in [-0.3, -0.25) is 0 Å². The van der Waals surface area contributed by atoms with Gasteiger partial charge in [-0.2, -0.15) is 5.10 Å². The van der Waals surface area contributed by atoms with Crippen molar-refractivity contribution in [2.24, 2.45) is 0 Å². The van der Waals surface area contributed by atoms with E-state index >= 15 is 0 Å². The first kappa shape index (κ1) is 20.1. The lowest BCUT2D eigenvalue weighted by Crippen LogP contribution is -2.00. The zero-order valence-electron chi connectivity index (χ0n) is 17.0. The molecule has 0 unspecified atom stereocenters. The van der Waals surface area contributed by atoms with Crippen LogP contribution in [0.3, 0.4) is 0 Å². The third-order valence-electron chi connectivity index (χ3n) is 4.81. The Kier molecular flexibility index (Phi) is 6.09. The molecule has 0 radical (unpaired) electrons. The first-order valence-electron chi connectivity index (χ1n) is 9.96. The smallest absolute Gasteiger partial charge is 0.337 e. The topological polar surface area (TPSA) is 65.7 Å². The summed E-state index contributed by atoms with van der Waals surface area (Å²) in [5.74, 6) is 0.524. The van der Waals surface area contributed by atoms with Gasteiger partial charge in [0.05, 0.1) is 31.2 Å². The summed E-state index contributed by atoms with van der Waals surface area (Å²) in [7, 11) is 1.37. The molecule has 154 valence electrons. The summed E-state index contributed by atoms with van der Waals surface area (Å²) in [6.45, 7) is 2.93. The number of aromatic nitrogens is 3. The molecule has 0 aliphatic rings. The molecule has 2 aromatic carbocycles. The van der Waals surface area contributed by atoms with E-state index in [-0.39, 0.29) is 5.97 Å². The highest BCUT2D eigenvalue weighted by molar-refractivity contribution is 7.19. The van der Waals surface area contributed by atoms with Gasteiger partial charge in [0.25, 0.3) is 0 Å². The molecule has 0 saturated heterocycles. The van der Waals surface area contributed by atoms with E-state index in [1.807, 2.05) is 47.1 Å². The highest BCUT2D eigenvalue weighted by Crippen LogP contribution is 2.30. The molecule has 0 saturated carbocycles. The maximum absolute atomic E-state index is 11.6. The molecule has 0 N–H and O–H groups in total. The maximum atomic E-state index is 11.6. The molecule has 0 fully saturated rings. The van der Waals surface area contributed by atoms with Gasteiger partial charge in [-0.1, -0.05) is 43.2 Å². The van der Waals surface area contributed by atoms with Gasteiger partial charge in [0.15, 0.2) is 0 Å². The van der Waals surface area contributed by atoms with Crippen molar-refractivity contribution in [1.29, 1.82) is 0 Å². The number of rotatable bonds is 8. The lowest BCUT2D eigenvalue weighted by molar-refractivity contribution is 0.0601. The van der Waals surface area contributed by atoms with E-state index in [0.29, 0.717) is 5.56 Å². The minimum atomic E-state index is -0.351. The van der Waals surface area contributed by atoms with Gasteiger partial charge in [0.2, 0.25) is 4.96 Å². The van der Waals surface area contributed by atoms with E-state index in [2.05, 4.69) is 11.9 Å². The summed E-state index contributed by atoms with van der Waals surface area (Å²) < 4.78 is 12.4. The number of nitrogens with zero attached hydrogens (tertiary/aromatic N) is 3. The van der Waals surface area contributed by atoms with Crippen LogP contribution < -0.4 is 4.74 Å². The average Bonchev–Trinajstić information content (AvgIpc) is 3.38. The number of imidazole rings is 1. The largest absolute Gasteiger partial charge is 0.494 e. The minimum Gasteiger partial charge on any atom is -0.494 e. The lowest BCUT2D eigenvalue weighted by Gasteiger charge is -2.06. The van der Waals surface area contributed by atoms with Crippen LogP contribution in [0.15, 0.2) is 54.7 Å². The van der Waals surface area contributed by atoms with Crippen molar-refractivity contribution >= 4 is 22.3 Å². The summed E-state index contributed by atoms with van der Waals surface area (Å²) in [6, 6.07) is 15.3. The molecule has 30 heavy (non-hydrogen) atoms. The first-order chi connectivity index (χ1) is 14.7. The SMILES string of the molecule is CCCCCOc1ccc(-c2cnc3sc(-c4ccc(C(=O)OC)cc4)nn23)cc1. The maximum Gasteiger partial charge on any atom is 0.337 e. The van der Waals surface area contributed by atoms with Crippen molar-refractivity contribution in [3.05, 3.63) is 60.3 Å². The summed E-state index contributed by atoms with van der Waals surface area (Å²) in [4.78, 5) is 16.9. The Bertz CT molecular complexity index is 1130. The monoisotopic (exact) mass is 421 g/mol. The quantitative estimate of drug-likeness (QED) is 0.278. The number of hydrogen-bond acceptors (Lipinski definition) is 6. The number of fused-ring (bicyclic) bond motifs is 1. The number of esters is 1. The Labute approximate surface area is 179 Å². The summed E-state index contributed by atoms with van der Waals surface area (Å²) in [6.07, 6.45) is 5.28. The number of ether oxygens (including phenoxy) is 2. The van der Waals surface area contributed by atoms with Crippen LogP contribution in [0.5, 0.6) is 5.75 Å². The van der Waals surface area contributed by atoms with E-state index in [0.717, 1.165) is 45.6 Å². The van der Waals surface area contributed by atoms with Gasteiger partial charge in [-0.15, -0.1) is 0 Å². The van der Waals surface area contributed by atoms with Crippen LogP contribution in [-0.4, -0.2) is 34.3 Å². The Morgan fingerprint density at radius 2 is 1.77 bits per heavy atom. The van der Waals surface area contributed by atoms with Crippen molar-refractivity contribution in [2.75, 3.05) is 13.7 Å². The fourth-order valence-corrected chi connectivity index (χ4v) is 4.02. The van der Waals surface area contributed by atoms with Crippen LogP contribution >= 0.6 is 11.3 Å². The van der Waals surface area contributed by atoms with Gasteiger partial charge >= 0.3 is 5.97 Å². The van der Waals surface area contributed by atoms with E-state index in [1.54, 1.807) is 12.1 Å². The van der Waals surface area contributed by atoms with E-state index in [1.165, 1.54) is 31.3 Å².